The van der Waals surface area contributed by atoms with E-state index in [0.717, 1.165) is 16.4 Å². The first-order chi connectivity index (χ1) is 12.3. The van der Waals surface area contributed by atoms with Crippen LogP contribution in [0.4, 0.5) is 0 Å². The van der Waals surface area contributed by atoms with E-state index < -0.39 is 0 Å². The minimum atomic E-state index is -0.330. The molecular formula is C20H21IO4. The fraction of sp³-hybridized carbons (Fsp3) is 0.350. The van der Waals surface area contributed by atoms with Gasteiger partial charge < -0.3 is 14.2 Å². The molecule has 0 spiro atoms. The van der Waals surface area contributed by atoms with Gasteiger partial charge in [-0.3, -0.25) is 0 Å². The van der Waals surface area contributed by atoms with E-state index in [0.29, 0.717) is 12.2 Å². The zero-order valence-electron chi connectivity index (χ0n) is 13.8. The van der Waals surface area contributed by atoms with Crippen LogP contribution < -0.4 is 0 Å². The standard InChI is InChI=1S/C20H21IO4/c21-12-17-11-18(23-13-15-7-3-1-4-8-15)19(25-17)14-24-20(22)16-9-5-2-6-10-16/h1-10,17-19H,11-14H2/t17-,18+,19+/m0/s1. The molecule has 0 N–H and O–H groups in total. The Labute approximate surface area is 161 Å². The van der Waals surface area contributed by atoms with Crippen molar-refractivity contribution in [3.05, 3.63) is 71.8 Å². The van der Waals surface area contributed by atoms with Crippen LogP contribution in [0.25, 0.3) is 0 Å². The van der Waals surface area contributed by atoms with Gasteiger partial charge in [-0.15, -0.1) is 0 Å². The lowest BCUT2D eigenvalue weighted by Crippen LogP contribution is -2.30. The molecular weight excluding hydrogens is 431 g/mol. The summed E-state index contributed by atoms with van der Waals surface area (Å²) in [6.07, 6.45) is 0.671. The van der Waals surface area contributed by atoms with Crippen molar-refractivity contribution in [1.82, 2.24) is 0 Å². The zero-order chi connectivity index (χ0) is 17.5. The van der Waals surface area contributed by atoms with Gasteiger partial charge in [0.25, 0.3) is 0 Å². The second-order valence-electron chi connectivity index (χ2n) is 5.99. The molecule has 1 saturated heterocycles. The molecule has 0 aromatic heterocycles. The van der Waals surface area contributed by atoms with Crippen LogP contribution in [0, 0.1) is 0 Å². The van der Waals surface area contributed by atoms with Crippen molar-refractivity contribution in [2.75, 3.05) is 11.0 Å². The average Bonchev–Trinajstić information content (AvgIpc) is 3.08. The van der Waals surface area contributed by atoms with Gasteiger partial charge in [0.2, 0.25) is 0 Å². The minimum absolute atomic E-state index is 0.0662. The molecule has 1 aliphatic heterocycles. The summed E-state index contributed by atoms with van der Waals surface area (Å²) in [5.74, 6) is -0.330. The molecule has 132 valence electrons. The molecule has 3 atom stereocenters. The normalized spacial score (nSPS) is 22.7. The number of alkyl halides is 1. The van der Waals surface area contributed by atoms with Gasteiger partial charge in [-0.05, 0) is 17.7 Å². The van der Waals surface area contributed by atoms with E-state index in [1.165, 1.54) is 0 Å². The molecule has 0 aliphatic carbocycles. The van der Waals surface area contributed by atoms with Gasteiger partial charge in [-0.2, -0.15) is 0 Å². The predicted octanol–water partition coefficient (Wildman–Crippen LogP) is 4.02. The summed E-state index contributed by atoms with van der Waals surface area (Å²) in [5.41, 5.74) is 1.67. The summed E-state index contributed by atoms with van der Waals surface area (Å²) < 4.78 is 18.4. The van der Waals surface area contributed by atoms with Crippen LogP contribution >= 0.6 is 22.6 Å². The molecule has 0 radical (unpaired) electrons. The molecule has 4 nitrogen and oxygen atoms in total. The summed E-state index contributed by atoms with van der Waals surface area (Å²) in [4.78, 5) is 12.1. The van der Waals surface area contributed by atoms with Crippen LogP contribution in [-0.2, 0) is 20.8 Å². The third-order valence-corrected chi connectivity index (χ3v) is 5.13. The van der Waals surface area contributed by atoms with Crippen molar-refractivity contribution < 1.29 is 19.0 Å². The Morgan fingerprint density at radius 3 is 2.44 bits per heavy atom. The molecule has 2 aromatic rings. The first-order valence-corrected chi connectivity index (χ1v) is 9.88. The highest BCUT2D eigenvalue weighted by atomic mass is 127. The Hall–Kier alpha value is -1.44. The van der Waals surface area contributed by atoms with Crippen LogP contribution in [0.3, 0.4) is 0 Å². The molecule has 5 heteroatoms. The van der Waals surface area contributed by atoms with E-state index in [-0.39, 0.29) is 30.9 Å². The van der Waals surface area contributed by atoms with Crippen molar-refractivity contribution in [1.29, 1.82) is 0 Å². The van der Waals surface area contributed by atoms with Crippen LogP contribution in [0.2, 0.25) is 0 Å². The molecule has 0 saturated carbocycles. The van der Waals surface area contributed by atoms with Gasteiger partial charge in [-0.25, -0.2) is 4.79 Å². The molecule has 1 fully saturated rings. The fourth-order valence-electron chi connectivity index (χ4n) is 2.82. The Balaban J connectivity index is 1.55. The second kappa shape index (κ2) is 9.31. The van der Waals surface area contributed by atoms with Crippen molar-refractivity contribution in [2.24, 2.45) is 0 Å². The van der Waals surface area contributed by atoms with Gasteiger partial charge in [0.15, 0.2) is 0 Å². The lowest BCUT2D eigenvalue weighted by molar-refractivity contribution is -0.0551. The maximum atomic E-state index is 12.1. The smallest absolute Gasteiger partial charge is 0.338 e. The molecule has 0 amide bonds. The first-order valence-electron chi connectivity index (χ1n) is 8.35. The van der Waals surface area contributed by atoms with Crippen molar-refractivity contribution in [2.45, 2.75) is 31.3 Å². The highest BCUT2D eigenvalue weighted by molar-refractivity contribution is 14.1. The number of ether oxygens (including phenoxy) is 3. The Bertz CT molecular complexity index is 662. The summed E-state index contributed by atoms with van der Waals surface area (Å²) in [6, 6.07) is 19.1. The number of benzene rings is 2. The predicted molar refractivity (Wildman–Crippen MR) is 104 cm³/mol. The molecule has 0 bridgehead atoms. The van der Waals surface area contributed by atoms with Gasteiger partial charge >= 0.3 is 5.97 Å². The Morgan fingerprint density at radius 2 is 1.76 bits per heavy atom. The van der Waals surface area contributed by atoms with Gasteiger partial charge in [-0.1, -0.05) is 71.1 Å². The Kier molecular flexibility index (Phi) is 6.84. The van der Waals surface area contributed by atoms with Crippen molar-refractivity contribution in [3.63, 3.8) is 0 Å². The molecule has 0 unspecified atom stereocenters. The third kappa shape index (κ3) is 5.26. The van der Waals surface area contributed by atoms with Crippen LogP contribution in [0.5, 0.6) is 0 Å². The van der Waals surface area contributed by atoms with E-state index in [4.69, 9.17) is 14.2 Å². The van der Waals surface area contributed by atoms with Crippen molar-refractivity contribution >= 4 is 28.6 Å². The van der Waals surface area contributed by atoms with Gasteiger partial charge in [0.05, 0.1) is 24.4 Å². The molecule has 1 aliphatic rings. The number of esters is 1. The van der Waals surface area contributed by atoms with E-state index in [2.05, 4.69) is 22.6 Å². The summed E-state index contributed by atoms with van der Waals surface area (Å²) in [6.45, 7) is 0.742. The quantitative estimate of drug-likeness (QED) is 0.362. The number of halogens is 1. The molecule has 25 heavy (non-hydrogen) atoms. The summed E-state index contributed by atoms with van der Waals surface area (Å²) >= 11 is 2.31. The maximum absolute atomic E-state index is 12.1. The number of rotatable bonds is 7. The van der Waals surface area contributed by atoms with Crippen molar-refractivity contribution in [3.8, 4) is 0 Å². The SMILES string of the molecule is O=C(OC[C@H]1O[C@H](CI)C[C@H]1OCc1ccccc1)c1ccccc1. The average molecular weight is 452 g/mol. The van der Waals surface area contributed by atoms with Crippen LogP contribution in [0.1, 0.15) is 22.3 Å². The van der Waals surface area contributed by atoms with E-state index in [1.807, 2.05) is 48.5 Å². The summed E-state index contributed by atoms with van der Waals surface area (Å²) in [5, 5.41) is 0. The highest BCUT2D eigenvalue weighted by Crippen LogP contribution is 2.26. The lowest BCUT2D eigenvalue weighted by atomic mass is 10.1. The minimum Gasteiger partial charge on any atom is -0.459 e. The van der Waals surface area contributed by atoms with Gasteiger partial charge in [0, 0.05) is 10.8 Å². The molecule has 2 aromatic carbocycles. The number of hydrogen-bond donors (Lipinski definition) is 0. The number of hydrogen-bond acceptors (Lipinski definition) is 4. The third-order valence-electron chi connectivity index (χ3n) is 4.14. The Morgan fingerprint density at radius 1 is 1.08 bits per heavy atom. The molecule has 1 heterocycles. The molecule has 3 rings (SSSR count). The van der Waals surface area contributed by atoms with E-state index >= 15 is 0 Å². The van der Waals surface area contributed by atoms with Crippen LogP contribution in [-0.4, -0.2) is 35.3 Å². The topological polar surface area (TPSA) is 44.8 Å². The summed E-state index contributed by atoms with van der Waals surface area (Å²) in [7, 11) is 0. The maximum Gasteiger partial charge on any atom is 0.338 e. The number of carbonyl (C=O) groups is 1. The highest BCUT2D eigenvalue weighted by Gasteiger charge is 2.36. The second-order valence-corrected chi connectivity index (χ2v) is 6.87. The number of carbonyl (C=O) groups excluding carboxylic acids is 1. The zero-order valence-corrected chi connectivity index (χ0v) is 16.0. The fourth-order valence-corrected chi connectivity index (χ4v) is 3.38. The van der Waals surface area contributed by atoms with Gasteiger partial charge in [0.1, 0.15) is 12.7 Å². The largest absolute Gasteiger partial charge is 0.459 e. The van der Waals surface area contributed by atoms with E-state index in [9.17, 15) is 4.79 Å². The monoisotopic (exact) mass is 452 g/mol. The van der Waals surface area contributed by atoms with Crippen LogP contribution in [0.15, 0.2) is 60.7 Å². The lowest BCUT2D eigenvalue weighted by Gasteiger charge is -2.19. The first kappa shape index (κ1) is 18.4. The van der Waals surface area contributed by atoms with E-state index in [1.54, 1.807) is 12.1 Å².